The van der Waals surface area contributed by atoms with Crippen LogP contribution in [0.15, 0.2) is 42.7 Å². The van der Waals surface area contributed by atoms with Crippen molar-refractivity contribution in [3.8, 4) is 11.8 Å². The van der Waals surface area contributed by atoms with Crippen molar-refractivity contribution in [3.63, 3.8) is 0 Å². The van der Waals surface area contributed by atoms with E-state index in [9.17, 15) is 14.4 Å². The molecule has 13 nitrogen and oxygen atoms in total. The Bertz CT molecular complexity index is 1550. The Morgan fingerprint density at radius 3 is 2.67 bits per heavy atom. The number of aromatic nitrogens is 4. The average Bonchev–Trinajstić information content (AvgIpc) is 3.44. The second-order valence-electron chi connectivity index (χ2n) is 10.5. The van der Waals surface area contributed by atoms with E-state index in [1.54, 1.807) is 45.4 Å². The molecule has 1 atom stereocenters. The maximum atomic E-state index is 12.5. The average molecular weight is 618 g/mol. The van der Waals surface area contributed by atoms with Gasteiger partial charge in [0.25, 0.3) is 0 Å². The van der Waals surface area contributed by atoms with Crippen LogP contribution in [-0.2, 0) is 14.3 Å². The fourth-order valence-electron chi connectivity index (χ4n) is 4.02. The summed E-state index contributed by atoms with van der Waals surface area (Å²) in [5.41, 5.74) is 2.04. The van der Waals surface area contributed by atoms with Gasteiger partial charge in [0.15, 0.2) is 0 Å². The zero-order valence-electron chi connectivity index (χ0n) is 26.9. The van der Waals surface area contributed by atoms with Crippen LogP contribution < -0.4 is 16.0 Å². The summed E-state index contributed by atoms with van der Waals surface area (Å²) < 4.78 is 6.27. The number of nitrogens with one attached hydrogen (secondary N) is 3. The molecule has 0 aliphatic heterocycles. The predicted octanol–water partition coefficient (Wildman–Crippen LogP) is 3.61. The third-order valence-corrected chi connectivity index (χ3v) is 6.64. The molecule has 45 heavy (non-hydrogen) atoms. The highest BCUT2D eigenvalue weighted by atomic mass is 16.5. The molecule has 3 aromatic rings. The van der Waals surface area contributed by atoms with Crippen LogP contribution in [0, 0.1) is 11.8 Å². The molecule has 0 fully saturated rings. The molecule has 0 spiro atoms. The third-order valence-electron chi connectivity index (χ3n) is 6.64. The molecular weight excluding hydrogens is 574 g/mol. The number of amides is 2. The summed E-state index contributed by atoms with van der Waals surface area (Å²) >= 11 is 0. The second-order valence-corrected chi connectivity index (χ2v) is 10.5. The lowest BCUT2D eigenvalue weighted by atomic mass is 10.2. The van der Waals surface area contributed by atoms with Crippen molar-refractivity contribution in [2.45, 2.75) is 46.1 Å². The lowest BCUT2D eigenvalue weighted by Crippen LogP contribution is -2.45. The largest absolute Gasteiger partial charge is 0.448 e. The molecule has 3 N–H and O–H groups in total. The van der Waals surface area contributed by atoms with Crippen LogP contribution in [0.3, 0.4) is 0 Å². The summed E-state index contributed by atoms with van der Waals surface area (Å²) in [6, 6.07) is 4.86. The van der Waals surface area contributed by atoms with E-state index in [2.05, 4.69) is 49.8 Å². The molecule has 240 valence electrons. The van der Waals surface area contributed by atoms with Gasteiger partial charge in [0.1, 0.15) is 11.9 Å². The minimum atomic E-state index is -0.590. The molecule has 0 radical (unpaired) electrons. The third kappa shape index (κ3) is 10.3. The summed E-state index contributed by atoms with van der Waals surface area (Å²) in [4.78, 5) is 49.4. The van der Waals surface area contributed by atoms with Gasteiger partial charge in [0.2, 0.25) is 17.8 Å². The number of rotatable bonds is 14. The Hall–Kier alpha value is -4.96. The monoisotopic (exact) mass is 617 g/mol. The molecule has 0 saturated heterocycles. The van der Waals surface area contributed by atoms with E-state index < -0.39 is 12.1 Å². The van der Waals surface area contributed by atoms with E-state index in [0.29, 0.717) is 48.8 Å². The number of ether oxygens (including phenoxy) is 1. The Balaban J connectivity index is 1.56. The predicted molar refractivity (Wildman–Crippen MR) is 175 cm³/mol. The number of anilines is 3. The quantitative estimate of drug-likeness (QED) is 0.139. The Kier molecular flexibility index (Phi) is 13.3. The molecule has 0 bridgehead atoms. The molecule has 2 amide bonds. The molecule has 1 aromatic carbocycles. The second kappa shape index (κ2) is 17.4. The van der Waals surface area contributed by atoms with E-state index >= 15 is 0 Å². The molecule has 2 aromatic heterocycles. The lowest BCUT2D eigenvalue weighted by Gasteiger charge is -2.23. The van der Waals surface area contributed by atoms with Gasteiger partial charge in [-0.25, -0.2) is 9.78 Å². The van der Waals surface area contributed by atoms with Crippen LogP contribution in [0.25, 0.3) is 10.9 Å². The van der Waals surface area contributed by atoms with Crippen molar-refractivity contribution in [2.75, 3.05) is 58.0 Å². The maximum absolute atomic E-state index is 12.5. The minimum absolute atomic E-state index is 0.214. The molecule has 0 saturated carbocycles. The van der Waals surface area contributed by atoms with Gasteiger partial charge in [-0.15, -0.1) is 0 Å². The normalized spacial score (nSPS) is 11.6. The molecule has 0 unspecified atom stereocenters. The Morgan fingerprint density at radius 1 is 1.13 bits per heavy atom. The van der Waals surface area contributed by atoms with Crippen molar-refractivity contribution < 1.29 is 19.1 Å². The molecule has 0 aliphatic rings. The molecule has 0 aliphatic carbocycles. The maximum Gasteiger partial charge on any atom is 0.435 e. The summed E-state index contributed by atoms with van der Waals surface area (Å²) in [6.45, 7) is 7.59. The van der Waals surface area contributed by atoms with Gasteiger partial charge in [-0.05, 0) is 59.0 Å². The number of hydrogen-bond donors (Lipinski definition) is 3. The first-order valence-corrected chi connectivity index (χ1v) is 15.0. The molecule has 13 heteroatoms. The fraction of sp³-hybridized carbons (Fsp3) is 0.438. The summed E-state index contributed by atoms with van der Waals surface area (Å²) in [5, 5.41) is 14.3. The number of carbonyl (C=O) groups is 3. The topological polar surface area (TPSA) is 147 Å². The molecule has 3 rings (SSSR count). The molecular formula is C32H43N9O4. The first-order valence-electron chi connectivity index (χ1n) is 15.0. The Labute approximate surface area is 264 Å². The van der Waals surface area contributed by atoms with Gasteiger partial charge in [-0.3, -0.25) is 9.59 Å². The van der Waals surface area contributed by atoms with Gasteiger partial charge in [0, 0.05) is 50.3 Å². The lowest BCUT2D eigenvalue weighted by molar-refractivity contribution is -0.135. The number of fused-ring (bicyclic) bond motifs is 1. The van der Waals surface area contributed by atoms with Gasteiger partial charge in [-0.1, -0.05) is 24.8 Å². The van der Waals surface area contributed by atoms with Crippen molar-refractivity contribution in [1.29, 1.82) is 0 Å². The van der Waals surface area contributed by atoms with Crippen LogP contribution in [0.2, 0.25) is 0 Å². The van der Waals surface area contributed by atoms with Crippen LogP contribution in [0.4, 0.5) is 22.2 Å². The van der Waals surface area contributed by atoms with E-state index in [0.717, 1.165) is 24.0 Å². The SMILES string of the molecule is CCCNc1nc(Nc2ccc3c(cnn3C(=O)OCC)c2)ncc1C#CCCCNC(=O)[C@H](C)N(C)C(=O)/C=C/CN(C)C. The van der Waals surface area contributed by atoms with Crippen molar-refractivity contribution in [3.05, 3.63) is 48.3 Å². The van der Waals surface area contributed by atoms with E-state index in [4.69, 9.17) is 4.74 Å². The van der Waals surface area contributed by atoms with Crippen LogP contribution in [-0.4, -0.2) is 101 Å². The number of nitrogens with zero attached hydrogens (tertiary/aromatic N) is 6. The zero-order chi connectivity index (χ0) is 32.8. The van der Waals surface area contributed by atoms with E-state index in [-0.39, 0.29) is 18.4 Å². The highest BCUT2D eigenvalue weighted by Gasteiger charge is 2.20. The first kappa shape index (κ1) is 34.5. The zero-order valence-corrected chi connectivity index (χ0v) is 26.9. The smallest absolute Gasteiger partial charge is 0.435 e. The van der Waals surface area contributed by atoms with Gasteiger partial charge >= 0.3 is 6.09 Å². The summed E-state index contributed by atoms with van der Waals surface area (Å²) in [5.74, 6) is 6.85. The van der Waals surface area contributed by atoms with Crippen molar-refractivity contribution in [1.82, 2.24) is 34.9 Å². The number of hydrogen-bond acceptors (Lipinski definition) is 10. The Morgan fingerprint density at radius 2 is 1.93 bits per heavy atom. The van der Waals surface area contributed by atoms with Crippen molar-refractivity contribution >= 4 is 46.3 Å². The van der Waals surface area contributed by atoms with Gasteiger partial charge in [-0.2, -0.15) is 14.8 Å². The van der Waals surface area contributed by atoms with E-state index in [1.165, 1.54) is 15.7 Å². The van der Waals surface area contributed by atoms with Gasteiger partial charge in [0.05, 0.1) is 30.1 Å². The van der Waals surface area contributed by atoms with Crippen LogP contribution in [0.1, 0.15) is 45.6 Å². The van der Waals surface area contributed by atoms with Crippen LogP contribution in [0.5, 0.6) is 0 Å². The fourth-order valence-corrected chi connectivity index (χ4v) is 4.02. The van der Waals surface area contributed by atoms with Crippen LogP contribution >= 0.6 is 0 Å². The number of likely N-dealkylation sites (N-methyl/N-ethyl adjacent to an activating group) is 2. The highest BCUT2D eigenvalue weighted by molar-refractivity contribution is 5.92. The highest BCUT2D eigenvalue weighted by Crippen LogP contribution is 2.22. The van der Waals surface area contributed by atoms with Gasteiger partial charge < -0.3 is 30.5 Å². The van der Waals surface area contributed by atoms with Crippen molar-refractivity contribution in [2.24, 2.45) is 0 Å². The summed E-state index contributed by atoms with van der Waals surface area (Å²) in [7, 11) is 5.45. The standard InChI is InChI=1S/C32H43N9O4/c1-7-17-33-29-24(13-10-9-11-18-34-30(43)23(3)40(6)28(42)14-12-19-39(4)5)21-35-31(38-29)37-26-15-16-27-25(20-26)22-36-41(27)32(44)45-8-2/h12,14-16,20-23H,7-9,11,17-19H2,1-6H3,(H,34,43)(H2,33,35,37,38)/b14-12+/t23-/m0/s1. The first-order chi connectivity index (χ1) is 21.6. The number of carbonyl (C=O) groups excluding carboxylic acids is 3. The number of benzene rings is 1. The molecule has 2 heterocycles. The van der Waals surface area contributed by atoms with E-state index in [1.807, 2.05) is 31.1 Å². The minimum Gasteiger partial charge on any atom is -0.448 e. The summed E-state index contributed by atoms with van der Waals surface area (Å²) in [6.07, 6.45) is 8.12. The number of unbranched alkanes of at least 4 members (excludes halogenated alkanes) is 1.